The van der Waals surface area contributed by atoms with Crippen molar-refractivity contribution in [3.05, 3.63) is 34.9 Å². The lowest BCUT2D eigenvalue weighted by Crippen LogP contribution is -2.50. The van der Waals surface area contributed by atoms with E-state index in [0.29, 0.717) is 24.1 Å². The SMILES string of the molecule is CC(CO)(CO)C(=O)N1CCC2c3ccc(C(F)(C(F)(F)F)C(F)(F)F)cc3CCC21. The third kappa shape index (κ3) is 3.59. The smallest absolute Gasteiger partial charge is 0.395 e. The molecule has 0 aromatic heterocycles. The molecule has 2 N–H and O–H groups in total. The Labute approximate surface area is 173 Å². The van der Waals surface area contributed by atoms with Crippen molar-refractivity contribution in [1.29, 1.82) is 0 Å². The van der Waals surface area contributed by atoms with E-state index < -0.39 is 48.1 Å². The third-order valence-electron chi connectivity index (χ3n) is 6.45. The lowest BCUT2D eigenvalue weighted by molar-refractivity contribution is -0.348. The molecule has 31 heavy (non-hydrogen) atoms. The van der Waals surface area contributed by atoms with Crippen LogP contribution in [0.15, 0.2) is 18.2 Å². The van der Waals surface area contributed by atoms with Crippen molar-refractivity contribution in [2.45, 2.75) is 56.2 Å². The van der Waals surface area contributed by atoms with Crippen molar-refractivity contribution < 1.29 is 45.7 Å². The van der Waals surface area contributed by atoms with Gasteiger partial charge >= 0.3 is 18.0 Å². The Bertz CT molecular complexity index is 834. The lowest BCUT2D eigenvalue weighted by Gasteiger charge is -2.38. The van der Waals surface area contributed by atoms with Gasteiger partial charge in [-0.1, -0.05) is 18.2 Å². The number of fused-ring (bicyclic) bond motifs is 3. The van der Waals surface area contributed by atoms with Crippen LogP contribution in [0.4, 0.5) is 30.7 Å². The van der Waals surface area contributed by atoms with Gasteiger partial charge in [-0.25, -0.2) is 4.39 Å². The van der Waals surface area contributed by atoms with Crippen molar-refractivity contribution in [2.75, 3.05) is 19.8 Å². The minimum atomic E-state index is -6.17. The van der Waals surface area contributed by atoms with Gasteiger partial charge in [0.05, 0.1) is 18.6 Å². The molecule has 11 heteroatoms. The maximum absolute atomic E-state index is 14.4. The van der Waals surface area contributed by atoms with E-state index in [1.54, 1.807) is 0 Å². The number of nitrogens with zero attached hydrogens (tertiary/aromatic N) is 1. The summed E-state index contributed by atoms with van der Waals surface area (Å²) in [7, 11) is 0. The molecule has 1 aliphatic carbocycles. The van der Waals surface area contributed by atoms with Gasteiger partial charge in [-0.2, -0.15) is 26.3 Å². The molecule has 0 bridgehead atoms. The molecule has 0 radical (unpaired) electrons. The van der Waals surface area contributed by atoms with Crippen molar-refractivity contribution in [3.8, 4) is 0 Å². The predicted molar refractivity (Wildman–Crippen MR) is 94.8 cm³/mol. The zero-order valence-electron chi connectivity index (χ0n) is 16.5. The summed E-state index contributed by atoms with van der Waals surface area (Å²) in [6.07, 6.45) is -11.6. The van der Waals surface area contributed by atoms with E-state index in [1.165, 1.54) is 11.8 Å². The molecule has 1 fully saturated rings. The van der Waals surface area contributed by atoms with Gasteiger partial charge in [-0.05, 0) is 37.3 Å². The summed E-state index contributed by atoms with van der Waals surface area (Å²) in [6, 6.07) is 1.85. The molecule has 174 valence electrons. The van der Waals surface area contributed by atoms with Crippen LogP contribution in [0.3, 0.4) is 0 Å². The molecular weight excluding hydrogens is 435 g/mol. The average molecular weight is 457 g/mol. The van der Waals surface area contributed by atoms with E-state index in [-0.39, 0.29) is 36.9 Å². The molecule has 3 rings (SSSR count). The van der Waals surface area contributed by atoms with Gasteiger partial charge in [0, 0.05) is 24.1 Å². The standard InChI is InChI=1S/C20H22F7NO3/c1-17(9-29,10-30)16(31)28-7-6-14-13-4-3-12(8-11(13)2-5-15(14)28)18(21,19(22,23)24)20(25,26)27/h3-4,8,14-15,29-30H,2,5-7,9-10H2,1H3. The number of amides is 1. The van der Waals surface area contributed by atoms with E-state index in [1.807, 2.05) is 0 Å². The van der Waals surface area contributed by atoms with E-state index in [9.17, 15) is 45.7 Å². The number of alkyl halides is 7. The Balaban J connectivity index is 1.95. The maximum Gasteiger partial charge on any atom is 0.435 e. The largest absolute Gasteiger partial charge is 0.435 e. The molecule has 1 aliphatic heterocycles. The van der Waals surface area contributed by atoms with Crippen LogP contribution in [0.25, 0.3) is 0 Å². The highest BCUT2D eigenvalue weighted by Gasteiger charge is 2.73. The molecule has 0 spiro atoms. The van der Waals surface area contributed by atoms with Crippen LogP contribution in [-0.4, -0.2) is 59.2 Å². The molecule has 0 saturated carbocycles. The zero-order chi connectivity index (χ0) is 23.4. The molecule has 1 aromatic carbocycles. The Morgan fingerprint density at radius 3 is 2.13 bits per heavy atom. The fraction of sp³-hybridized carbons (Fsp3) is 0.650. The highest BCUT2D eigenvalue weighted by Crippen LogP contribution is 2.54. The number of rotatable bonds is 4. The van der Waals surface area contributed by atoms with Crippen LogP contribution in [0.2, 0.25) is 0 Å². The van der Waals surface area contributed by atoms with Gasteiger partial charge < -0.3 is 15.1 Å². The molecule has 2 atom stereocenters. The third-order valence-corrected chi connectivity index (χ3v) is 6.45. The average Bonchev–Trinajstić information content (AvgIpc) is 3.14. The zero-order valence-corrected chi connectivity index (χ0v) is 16.5. The number of carbonyl (C=O) groups excluding carboxylic acids is 1. The second-order valence-electron chi connectivity index (χ2n) is 8.44. The van der Waals surface area contributed by atoms with E-state index >= 15 is 0 Å². The van der Waals surface area contributed by atoms with Crippen LogP contribution in [-0.2, 0) is 16.9 Å². The molecule has 2 unspecified atom stereocenters. The minimum Gasteiger partial charge on any atom is -0.395 e. The van der Waals surface area contributed by atoms with Gasteiger partial charge in [0.1, 0.15) is 0 Å². The van der Waals surface area contributed by atoms with Crippen molar-refractivity contribution in [1.82, 2.24) is 4.90 Å². The summed E-state index contributed by atoms with van der Waals surface area (Å²) in [5.74, 6) is -0.809. The van der Waals surface area contributed by atoms with E-state index in [2.05, 4.69) is 0 Å². The van der Waals surface area contributed by atoms with Crippen molar-refractivity contribution >= 4 is 5.91 Å². The topological polar surface area (TPSA) is 60.8 Å². The van der Waals surface area contributed by atoms with Gasteiger partial charge in [0.15, 0.2) is 0 Å². The minimum absolute atomic E-state index is 0.0644. The number of aryl methyl sites for hydroxylation is 1. The summed E-state index contributed by atoms with van der Waals surface area (Å²) >= 11 is 0. The molecular formula is C20H22F7NO3. The van der Waals surface area contributed by atoms with Crippen LogP contribution in [0.1, 0.15) is 42.4 Å². The Morgan fingerprint density at radius 1 is 1.03 bits per heavy atom. The van der Waals surface area contributed by atoms with E-state index in [0.717, 1.165) is 6.07 Å². The number of hydrogen-bond acceptors (Lipinski definition) is 3. The molecule has 1 heterocycles. The molecule has 1 amide bonds. The molecule has 1 saturated heterocycles. The number of likely N-dealkylation sites (tertiary alicyclic amines) is 1. The quantitative estimate of drug-likeness (QED) is 0.680. The number of hydrogen-bond donors (Lipinski definition) is 2. The van der Waals surface area contributed by atoms with Crippen LogP contribution < -0.4 is 0 Å². The number of benzene rings is 1. The highest BCUT2D eigenvalue weighted by atomic mass is 19.4. The van der Waals surface area contributed by atoms with Crippen LogP contribution in [0.5, 0.6) is 0 Å². The highest BCUT2D eigenvalue weighted by molar-refractivity contribution is 5.83. The monoisotopic (exact) mass is 457 g/mol. The number of halogens is 7. The second kappa shape index (κ2) is 7.61. The normalized spacial score (nSPS) is 22.3. The van der Waals surface area contributed by atoms with Gasteiger partial charge in [0.2, 0.25) is 5.91 Å². The number of aliphatic hydroxyl groups excluding tert-OH is 2. The number of carbonyl (C=O) groups is 1. The van der Waals surface area contributed by atoms with Gasteiger partial charge in [-0.3, -0.25) is 4.79 Å². The number of aliphatic hydroxyl groups is 2. The summed E-state index contributed by atoms with van der Waals surface area (Å²) in [4.78, 5) is 14.3. The van der Waals surface area contributed by atoms with Crippen LogP contribution >= 0.6 is 0 Å². The summed E-state index contributed by atoms with van der Waals surface area (Å²) in [6.45, 7) is 0.511. The Kier molecular flexibility index (Phi) is 5.84. The van der Waals surface area contributed by atoms with Crippen molar-refractivity contribution in [2.24, 2.45) is 5.41 Å². The summed E-state index contributed by atoms with van der Waals surface area (Å²) < 4.78 is 92.8. The first-order chi connectivity index (χ1) is 14.2. The molecule has 2 aliphatic rings. The Hall–Kier alpha value is -1.88. The molecule has 1 aromatic rings. The van der Waals surface area contributed by atoms with E-state index in [4.69, 9.17) is 0 Å². The fourth-order valence-electron chi connectivity index (χ4n) is 4.55. The summed E-state index contributed by atoms with van der Waals surface area (Å²) in [5, 5.41) is 19.0. The first kappa shape index (κ1) is 23.8. The maximum atomic E-state index is 14.4. The fourth-order valence-corrected chi connectivity index (χ4v) is 4.55. The van der Waals surface area contributed by atoms with Gasteiger partial charge in [0.25, 0.3) is 0 Å². The predicted octanol–water partition coefficient (Wildman–Crippen LogP) is 3.60. The second-order valence-corrected chi connectivity index (χ2v) is 8.44. The Morgan fingerprint density at radius 2 is 1.61 bits per heavy atom. The first-order valence-corrected chi connectivity index (χ1v) is 9.69. The van der Waals surface area contributed by atoms with Crippen molar-refractivity contribution in [3.63, 3.8) is 0 Å². The van der Waals surface area contributed by atoms with Gasteiger partial charge in [-0.15, -0.1) is 0 Å². The first-order valence-electron chi connectivity index (χ1n) is 9.69. The molecule has 4 nitrogen and oxygen atoms in total. The summed E-state index contributed by atoms with van der Waals surface area (Å²) in [5.41, 5.74) is -7.71. The van der Waals surface area contributed by atoms with Crippen LogP contribution in [0, 0.1) is 5.41 Å². The lowest BCUT2D eigenvalue weighted by atomic mass is 9.77.